The van der Waals surface area contributed by atoms with Gasteiger partial charge in [-0.2, -0.15) is 0 Å². The van der Waals surface area contributed by atoms with Gasteiger partial charge in [-0.3, -0.25) is 4.99 Å². The molecule has 23 heavy (non-hydrogen) atoms. The first-order valence-corrected chi connectivity index (χ1v) is 7.80. The fourth-order valence-electron chi connectivity index (χ4n) is 2.38. The average Bonchev–Trinajstić information content (AvgIpc) is 2.87. The third-order valence-corrected chi connectivity index (χ3v) is 3.65. The van der Waals surface area contributed by atoms with Gasteiger partial charge in [-0.05, 0) is 42.5 Å². The number of hydrogen-bond acceptors (Lipinski definition) is 1. The van der Waals surface area contributed by atoms with Gasteiger partial charge >= 0.3 is 0 Å². The monoisotopic (exact) mass is 432 g/mol. The second-order valence-electron chi connectivity index (χ2n) is 5.86. The molecule has 0 aliphatic heterocycles. The van der Waals surface area contributed by atoms with E-state index >= 15 is 0 Å². The number of benzene rings is 1. The Morgan fingerprint density at radius 2 is 2.00 bits per heavy atom. The first kappa shape index (κ1) is 19.7. The van der Waals surface area contributed by atoms with Gasteiger partial charge in [-0.25, -0.2) is 4.39 Å². The number of halogens is 2. The maximum atomic E-state index is 13.2. The third kappa shape index (κ3) is 6.01. The minimum absolute atomic E-state index is 0. The molecule has 0 unspecified atom stereocenters. The SMILES string of the molecule is CN=C(NCCc1c[nH]c2cc(F)ccc12)NCCC(C)C.I. The first-order valence-electron chi connectivity index (χ1n) is 7.80. The molecule has 0 fully saturated rings. The molecule has 1 heterocycles. The highest BCUT2D eigenvalue weighted by Gasteiger charge is 2.05. The summed E-state index contributed by atoms with van der Waals surface area (Å²) in [6, 6.07) is 4.85. The Labute approximate surface area is 154 Å². The minimum atomic E-state index is -0.214. The summed E-state index contributed by atoms with van der Waals surface area (Å²) in [4.78, 5) is 7.33. The van der Waals surface area contributed by atoms with Crippen LogP contribution in [0.1, 0.15) is 25.8 Å². The van der Waals surface area contributed by atoms with E-state index in [1.807, 2.05) is 12.3 Å². The molecule has 2 aromatic rings. The zero-order valence-corrected chi connectivity index (χ0v) is 16.3. The van der Waals surface area contributed by atoms with E-state index in [0.29, 0.717) is 5.92 Å². The summed E-state index contributed by atoms with van der Waals surface area (Å²) < 4.78 is 13.2. The van der Waals surface area contributed by atoms with Crippen LogP contribution in [0, 0.1) is 11.7 Å². The summed E-state index contributed by atoms with van der Waals surface area (Å²) in [7, 11) is 1.78. The van der Waals surface area contributed by atoms with E-state index in [1.165, 1.54) is 17.7 Å². The van der Waals surface area contributed by atoms with Crippen molar-refractivity contribution in [3.8, 4) is 0 Å². The van der Waals surface area contributed by atoms with Gasteiger partial charge in [0.2, 0.25) is 0 Å². The summed E-state index contributed by atoms with van der Waals surface area (Å²) in [5.74, 6) is 1.29. The summed E-state index contributed by atoms with van der Waals surface area (Å²) in [6.45, 7) is 6.12. The Kier molecular flexibility index (Phi) is 8.36. The molecule has 0 spiro atoms. The smallest absolute Gasteiger partial charge is 0.190 e. The second kappa shape index (κ2) is 9.75. The van der Waals surface area contributed by atoms with Crippen LogP contribution >= 0.6 is 24.0 Å². The zero-order chi connectivity index (χ0) is 15.9. The molecule has 6 heteroatoms. The van der Waals surface area contributed by atoms with Crippen LogP contribution in [-0.2, 0) is 6.42 Å². The molecule has 0 amide bonds. The fourth-order valence-corrected chi connectivity index (χ4v) is 2.38. The van der Waals surface area contributed by atoms with Crippen molar-refractivity contribution >= 4 is 40.8 Å². The molecule has 0 saturated heterocycles. The molecular weight excluding hydrogens is 406 g/mol. The summed E-state index contributed by atoms with van der Waals surface area (Å²) in [6.07, 6.45) is 3.92. The molecule has 4 nitrogen and oxygen atoms in total. The quantitative estimate of drug-likeness (QED) is 0.371. The molecule has 2 rings (SSSR count). The van der Waals surface area contributed by atoms with Crippen molar-refractivity contribution < 1.29 is 4.39 Å². The molecule has 0 radical (unpaired) electrons. The van der Waals surface area contributed by atoms with Gasteiger partial charge in [0.1, 0.15) is 5.82 Å². The van der Waals surface area contributed by atoms with E-state index < -0.39 is 0 Å². The van der Waals surface area contributed by atoms with E-state index in [2.05, 4.69) is 34.5 Å². The topological polar surface area (TPSA) is 52.2 Å². The highest BCUT2D eigenvalue weighted by atomic mass is 127. The van der Waals surface area contributed by atoms with Crippen molar-refractivity contribution in [3.63, 3.8) is 0 Å². The van der Waals surface area contributed by atoms with Crippen LogP contribution in [0.2, 0.25) is 0 Å². The van der Waals surface area contributed by atoms with E-state index in [-0.39, 0.29) is 29.8 Å². The Bertz CT molecular complexity index is 637. The number of H-pyrrole nitrogens is 1. The van der Waals surface area contributed by atoms with E-state index in [9.17, 15) is 4.39 Å². The zero-order valence-electron chi connectivity index (χ0n) is 13.9. The van der Waals surface area contributed by atoms with Crippen molar-refractivity contribution in [1.29, 1.82) is 0 Å². The maximum absolute atomic E-state index is 13.2. The lowest BCUT2D eigenvalue weighted by molar-refractivity contribution is 0.573. The lowest BCUT2D eigenvalue weighted by Crippen LogP contribution is -2.39. The lowest BCUT2D eigenvalue weighted by Gasteiger charge is -2.12. The molecular formula is C17H26FIN4. The van der Waals surface area contributed by atoms with Crippen molar-refractivity contribution in [1.82, 2.24) is 15.6 Å². The molecule has 1 aromatic carbocycles. The van der Waals surface area contributed by atoms with Crippen molar-refractivity contribution in [2.45, 2.75) is 26.7 Å². The van der Waals surface area contributed by atoms with Gasteiger partial charge in [0.05, 0.1) is 0 Å². The summed E-state index contributed by atoms with van der Waals surface area (Å²) in [5.41, 5.74) is 2.02. The molecule has 0 aliphatic carbocycles. The van der Waals surface area contributed by atoms with Gasteiger partial charge in [-0.1, -0.05) is 13.8 Å². The van der Waals surface area contributed by atoms with Crippen molar-refractivity contribution in [2.24, 2.45) is 10.9 Å². The molecule has 0 atom stereocenters. The number of hydrogen-bond donors (Lipinski definition) is 3. The lowest BCUT2D eigenvalue weighted by atomic mass is 10.1. The largest absolute Gasteiger partial charge is 0.361 e. The minimum Gasteiger partial charge on any atom is -0.361 e. The Balaban J connectivity index is 0.00000264. The first-order chi connectivity index (χ1) is 10.6. The molecule has 0 saturated carbocycles. The molecule has 0 bridgehead atoms. The van der Waals surface area contributed by atoms with Crippen LogP contribution in [0.25, 0.3) is 10.9 Å². The van der Waals surface area contributed by atoms with Crippen LogP contribution in [0.3, 0.4) is 0 Å². The average molecular weight is 432 g/mol. The van der Waals surface area contributed by atoms with Crippen LogP contribution in [0.5, 0.6) is 0 Å². The van der Waals surface area contributed by atoms with Gasteiger partial charge in [0.25, 0.3) is 0 Å². The molecule has 128 valence electrons. The second-order valence-corrected chi connectivity index (χ2v) is 5.86. The number of nitrogens with one attached hydrogen (secondary N) is 3. The van der Waals surface area contributed by atoms with E-state index in [4.69, 9.17) is 0 Å². The fraction of sp³-hybridized carbons (Fsp3) is 0.471. The van der Waals surface area contributed by atoms with Gasteiger partial charge in [0, 0.05) is 37.2 Å². The van der Waals surface area contributed by atoms with Crippen LogP contribution in [0.4, 0.5) is 4.39 Å². The summed E-state index contributed by atoms with van der Waals surface area (Å²) >= 11 is 0. The number of aromatic amines is 1. The molecule has 3 N–H and O–H groups in total. The van der Waals surface area contributed by atoms with E-state index in [0.717, 1.165) is 42.8 Å². The normalized spacial score (nSPS) is 11.6. The number of nitrogens with zero attached hydrogens (tertiary/aromatic N) is 1. The number of guanidine groups is 1. The van der Waals surface area contributed by atoms with Gasteiger partial charge in [0.15, 0.2) is 5.96 Å². The van der Waals surface area contributed by atoms with Crippen molar-refractivity contribution in [3.05, 3.63) is 35.8 Å². The highest BCUT2D eigenvalue weighted by molar-refractivity contribution is 14.0. The van der Waals surface area contributed by atoms with Gasteiger partial charge < -0.3 is 15.6 Å². The number of aliphatic imine (C=N–C) groups is 1. The number of rotatable bonds is 6. The Hall–Kier alpha value is -1.31. The molecule has 1 aromatic heterocycles. The number of aromatic nitrogens is 1. The van der Waals surface area contributed by atoms with E-state index in [1.54, 1.807) is 7.05 Å². The maximum Gasteiger partial charge on any atom is 0.190 e. The Morgan fingerprint density at radius 3 is 2.70 bits per heavy atom. The van der Waals surface area contributed by atoms with Crippen LogP contribution < -0.4 is 10.6 Å². The van der Waals surface area contributed by atoms with Gasteiger partial charge in [-0.15, -0.1) is 24.0 Å². The highest BCUT2D eigenvalue weighted by Crippen LogP contribution is 2.19. The third-order valence-electron chi connectivity index (χ3n) is 3.65. The molecule has 0 aliphatic rings. The Morgan fingerprint density at radius 1 is 1.26 bits per heavy atom. The summed E-state index contributed by atoms with van der Waals surface area (Å²) in [5, 5.41) is 7.69. The predicted octanol–water partition coefficient (Wildman–Crippen LogP) is 3.68. The predicted molar refractivity (Wildman–Crippen MR) is 106 cm³/mol. The van der Waals surface area contributed by atoms with Crippen LogP contribution in [-0.4, -0.2) is 31.1 Å². The standard InChI is InChI=1S/C17H25FN4.HI/c1-12(2)6-8-20-17(19-3)21-9-7-13-11-22-16-10-14(18)4-5-15(13)16;/h4-5,10-12,22H,6-9H2,1-3H3,(H2,19,20,21);1H. The number of fused-ring (bicyclic) bond motifs is 1. The van der Waals surface area contributed by atoms with Crippen molar-refractivity contribution in [2.75, 3.05) is 20.1 Å². The van der Waals surface area contributed by atoms with Crippen LogP contribution in [0.15, 0.2) is 29.4 Å².